The van der Waals surface area contributed by atoms with E-state index in [-0.39, 0.29) is 16.0 Å². The van der Waals surface area contributed by atoms with Crippen molar-refractivity contribution in [1.82, 2.24) is 0 Å². The maximum Gasteiger partial charge on any atom is 0.137 e. The predicted molar refractivity (Wildman–Crippen MR) is 75.7 cm³/mol. The highest BCUT2D eigenvalue weighted by molar-refractivity contribution is 9.10. The van der Waals surface area contributed by atoms with Crippen LogP contribution in [-0.2, 0) is 0 Å². The normalized spacial score (nSPS) is 18.5. The second kappa shape index (κ2) is 5.14. The van der Waals surface area contributed by atoms with Crippen LogP contribution in [0.4, 0.5) is 8.78 Å². The molecule has 0 bridgehead atoms. The quantitative estimate of drug-likeness (QED) is 0.842. The molecule has 1 heterocycles. The lowest BCUT2D eigenvalue weighted by Crippen LogP contribution is -2.22. The summed E-state index contributed by atoms with van der Waals surface area (Å²) in [6.07, 6.45) is 0. The largest absolute Gasteiger partial charge is 0.493 e. The van der Waals surface area contributed by atoms with E-state index in [1.165, 1.54) is 0 Å². The zero-order valence-corrected chi connectivity index (χ0v) is 12.0. The van der Waals surface area contributed by atoms with Crippen molar-refractivity contribution in [2.75, 3.05) is 6.61 Å². The van der Waals surface area contributed by atoms with Gasteiger partial charge in [0.1, 0.15) is 17.4 Å². The highest BCUT2D eigenvalue weighted by atomic mass is 79.9. The third-order valence-corrected chi connectivity index (χ3v) is 4.18. The highest BCUT2D eigenvalue weighted by Gasteiger charge is 2.31. The molecule has 0 saturated carbocycles. The Morgan fingerprint density at radius 3 is 2.75 bits per heavy atom. The first-order valence-electron chi connectivity index (χ1n) is 6.19. The van der Waals surface area contributed by atoms with Crippen molar-refractivity contribution in [2.45, 2.75) is 12.0 Å². The van der Waals surface area contributed by atoms with Gasteiger partial charge >= 0.3 is 0 Å². The highest BCUT2D eigenvalue weighted by Crippen LogP contribution is 2.41. The molecule has 1 aliphatic rings. The second-order valence-corrected chi connectivity index (χ2v) is 5.62. The van der Waals surface area contributed by atoms with Crippen LogP contribution in [0.25, 0.3) is 0 Å². The number of rotatable bonds is 2. The molecule has 0 fully saturated rings. The van der Waals surface area contributed by atoms with Gasteiger partial charge in [-0.05, 0) is 34.1 Å². The van der Waals surface area contributed by atoms with Gasteiger partial charge in [-0.3, -0.25) is 0 Å². The Morgan fingerprint density at radius 1 is 1.20 bits per heavy atom. The molecule has 2 aromatic carbocycles. The molecular weight excluding hydrogens is 328 g/mol. The Bertz CT molecular complexity index is 662. The SMILES string of the molecule is NC(c1cc(F)c(Br)cc1F)C1COc2ccccc21. The molecule has 104 valence electrons. The van der Waals surface area contributed by atoms with E-state index >= 15 is 0 Å². The first-order valence-corrected chi connectivity index (χ1v) is 6.99. The summed E-state index contributed by atoms with van der Waals surface area (Å²) < 4.78 is 33.2. The molecule has 0 radical (unpaired) electrons. The number of halogens is 3. The average molecular weight is 340 g/mol. The Labute approximate surface area is 123 Å². The molecule has 3 rings (SSSR count). The van der Waals surface area contributed by atoms with Crippen molar-refractivity contribution < 1.29 is 13.5 Å². The summed E-state index contributed by atoms with van der Waals surface area (Å²) in [7, 11) is 0. The molecule has 1 aliphatic heterocycles. The molecule has 5 heteroatoms. The molecule has 2 atom stereocenters. The summed E-state index contributed by atoms with van der Waals surface area (Å²) >= 11 is 2.96. The van der Waals surface area contributed by atoms with Crippen molar-refractivity contribution in [3.8, 4) is 5.75 Å². The van der Waals surface area contributed by atoms with Gasteiger partial charge in [0.2, 0.25) is 0 Å². The van der Waals surface area contributed by atoms with E-state index in [2.05, 4.69) is 15.9 Å². The minimum absolute atomic E-state index is 0.0917. The van der Waals surface area contributed by atoms with Crippen molar-refractivity contribution in [1.29, 1.82) is 0 Å². The number of ether oxygens (including phenoxy) is 1. The fraction of sp³-hybridized carbons (Fsp3) is 0.200. The van der Waals surface area contributed by atoms with Crippen molar-refractivity contribution in [2.24, 2.45) is 5.73 Å². The van der Waals surface area contributed by atoms with Crippen LogP contribution in [0, 0.1) is 11.6 Å². The zero-order chi connectivity index (χ0) is 14.3. The van der Waals surface area contributed by atoms with Gasteiger partial charge in [0, 0.05) is 23.1 Å². The van der Waals surface area contributed by atoms with Gasteiger partial charge in [0.15, 0.2) is 0 Å². The third-order valence-electron chi connectivity index (χ3n) is 3.57. The lowest BCUT2D eigenvalue weighted by atomic mass is 9.89. The minimum Gasteiger partial charge on any atom is -0.493 e. The number of fused-ring (bicyclic) bond motifs is 1. The van der Waals surface area contributed by atoms with Crippen molar-refractivity contribution >= 4 is 15.9 Å². The predicted octanol–water partition coefficient (Wildman–Crippen LogP) is 3.90. The zero-order valence-electron chi connectivity index (χ0n) is 10.4. The van der Waals surface area contributed by atoms with E-state index in [0.29, 0.717) is 6.61 Å². The summed E-state index contributed by atoms with van der Waals surface area (Å²) in [4.78, 5) is 0. The number of hydrogen-bond acceptors (Lipinski definition) is 2. The van der Waals surface area contributed by atoms with Crippen molar-refractivity contribution in [3.05, 3.63) is 63.6 Å². The standard InChI is InChI=1S/C15H12BrF2NO/c16-11-6-12(17)9(5-13(11)18)15(19)10-7-20-14-4-2-1-3-8(10)14/h1-6,10,15H,7,19H2. The van der Waals surface area contributed by atoms with Crippen LogP contribution in [0.15, 0.2) is 40.9 Å². The lowest BCUT2D eigenvalue weighted by Gasteiger charge is -2.19. The summed E-state index contributed by atoms with van der Waals surface area (Å²) in [5, 5.41) is 0. The molecule has 0 aromatic heterocycles. The molecule has 0 amide bonds. The van der Waals surface area contributed by atoms with Crippen LogP contribution in [0.3, 0.4) is 0 Å². The summed E-state index contributed by atoms with van der Waals surface area (Å²) in [6.45, 7) is 0.373. The maximum atomic E-state index is 14.0. The van der Waals surface area contributed by atoms with E-state index in [1.54, 1.807) is 0 Å². The van der Waals surface area contributed by atoms with Gasteiger partial charge < -0.3 is 10.5 Å². The van der Waals surface area contributed by atoms with Crippen LogP contribution < -0.4 is 10.5 Å². The van der Waals surface area contributed by atoms with E-state index in [1.807, 2.05) is 24.3 Å². The smallest absolute Gasteiger partial charge is 0.137 e. The molecule has 20 heavy (non-hydrogen) atoms. The van der Waals surface area contributed by atoms with Gasteiger partial charge in [0.25, 0.3) is 0 Å². The average Bonchev–Trinajstić information content (AvgIpc) is 2.86. The van der Waals surface area contributed by atoms with E-state index < -0.39 is 17.7 Å². The van der Waals surface area contributed by atoms with Crippen LogP contribution in [-0.4, -0.2) is 6.61 Å². The van der Waals surface area contributed by atoms with E-state index in [9.17, 15) is 8.78 Å². The Kier molecular flexibility index (Phi) is 3.48. The second-order valence-electron chi connectivity index (χ2n) is 4.77. The maximum absolute atomic E-state index is 14.0. The summed E-state index contributed by atoms with van der Waals surface area (Å²) in [5.41, 5.74) is 7.23. The summed E-state index contributed by atoms with van der Waals surface area (Å²) in [5.74, 6) is -0.466. The fourth-order valence-electron chi connectivity index (χ4n) is 2.49. The molecule has 0 spiro atoms. The lowest BCUT2D eigenvalue weighted by molar-refractivity contribution is 0.313. The molecular formula is C15H12BrF2NO. The van der Waals surface area contributed by atoms with Crippen LogP contribution in [0.2, 0.25) is 0 Å². The Morgan fingerprint density at radius 2 is 1.95 bits per heavy atom. The summed E-state index contributed by atoms with van der Waals surface area (Å²) in [6, 6.07) is 9.09. The molecule has 2 nitrogen and oxygen atoms in total. The first kappa shape index (κ1) is 13.5. The third kappa shape index (κ3) is 2.21. The monoisotopic (exact) mass is 339 g/mol. The van der Waals surface area contributed by atoms with Crippen LogP contribution in [0.5, 0.6) is 5.75 Å². The molecule has 2 unspecified atom stereocenters. The topological polar surface area (TPSA) is 35.2 Å². The molecule has 0 saturated heterocycles. The number of para-hydroxylation sites is 1. The van der Waals surface area contributed by atoms with E-state index in [4.69, 9.17) is 10.5 Å². The number of benzene rings is 2. The molecule has 0 aliphatic carbocycles. The van der Waals surface area contributed by atoms with E-state index in [0.717, 1.165) is 23.4 Å². The Balaban J connectivity index is 1.98. The van der Waals surface area contributed by atoms with Crippen LogP contribution in [0.1, 0.15) is 23.1 Å². The minimum atomic E-state index is -0.652. The molecule has 2 N–H and O–H groups in total. The van der Waals surface area contributed by atoms with Gasteiger partial charge in [-0.25, -0.2) is 8.78 Å². The van der Waals surface area contributed by atoms with Crippen molar-refractivity contribution in [3.63, 3.8) is 0 Å². The van der Waals surface area contributed by atoms with Gasteiger partial charge in [-0.15, -0.1) is 0 Å². The van der Waals surface area contributed by atoms with Crippen LogP contribution >= 0.6 is 15.9 Å². The first-order chi connectivity index (χ1) is 9.58. The Hall–Kier alpha value is -1.46. The van der Waals surface area contributed by atoms with Gasteiger partial charge in [-0.1, -0.05) is 18.2 Å². The number of nitrogens with two attached hydrogens (primary N) is 1. The fourth-order valence-corrected chi connectivity index (χ4v) is 2.81. The molecule has 2 aromatic rings. The number of hydrogen-bond donors (Lipinski definition) is 1. The van der Waals surface area contributed by atoms with Gasteiger partial charge in [-0.2, -0.15) is 0 Å². The van der Waals surface area contributed by atoms with Gasteiger partial charge in [0.05, 0.1) is 11.1 Å².